The molecule has 5 heteroatoms. The molecule has 0 saturated carbocycles. The van der Waals surface area contributed by atoms with E-state index in [0.717, 1.165) is 55.3 Å². The van der Waals surface area contributed by atoms with E-state index in [1.807, 2.05) is 42.5 Å². The van der Waals surface area contributed by atoms with Gasteiger partial charge in [-0.3, -0.25) is 0 Å². The summed E-state index contributed by atoms with van der Waals surface area (Å²) in [5.41, 5.74) is 11.5. The molecule has 0 saturated heterocycles. The predicted molar refractivity (Wildman–Crippen MR) is 233 cm³/mol. The van der Waals surface area contributed by atoms with Crippen LogP contribution in [-0.2, 0) is 0 Å². The van der Waals surface area contributed by atoms with Crippen LogP contribution in [0.25, 0.3) is 110 Å². The SMILES string of the molecule is c1ccc(-c2ccc(-c3nc(-c4ccccc4)nc(-c4ccc5c(c4)sc4ccc(-c6ccc(-c7ccccc7)c7c6oc6ccccc67)cc45)n3)cc2)cc1. The highest BCUT2D eigenvalue weighted by Crippen LogP contribution is 2.44. The maximum Gasteiger partial charge on any atom is 0.164 e. The van der Waals surface area contributed by atoms with Crippen LogP contribution >= 0.6 is 11.3 Å². The minimum Gasteiger partial charge on any atom is -0.455 e. The smallest absolute Gasteiger partial charge is 0.164 e. The first-order valence-corrected chi connectivity index (χ1v) is 19.5. The fourth-order valence-electron chi connectivity index (χ4n) is 7.79. The summed E-state index contributed by atoms with van der Waals surface area (Å²) in [5, 5.41) is 4.68. The summed E-state index contributed by atoms with van der Waals surface area (Å²) in [6, 6.07) is 65.7. The van der Waals surface area contributed by atoms with E-state index in [2.05, 4.69) is 146 Å². The Kier molecular flexibility index (Phi) is 7.64. The van der Waals surface area contributed by atoms with Crippen LogP contribution in [0.2, 0.25) is 0 Å². The van der Waals surface area contributed by atoms with E-state index >= 15 is 0 Å². The zero-order valence-corrected chi connectivity index (χ0v) is 30.9. The molecule has 3 aromatic heterocycles. The summed E-state index contributed by atoms with van der Waals surface area (Å²) in [6.07, 6.45) is 0. The topological polar surface area (TPSA) is 51.8 Å². The summed E-state index contributed by atoms with van der Waals surface area (Å²) in [5.74, 6) is 1.94. The number of nitrogens with zero attached hydrogens (tertiary/aromatic N) is 3. The van der Waals surface area contributed by atoms with Gasteiger partial charge in [0.2, 0.25) is 0 Å². The number of rotatable bonds is 6. The molecular formula is C51H31N3OS. The molecule has 56 heavy (non-hydrogen) atoms. The van der Waals surface area contributed by atoms with Crippen molar-refractivity contribution < 1.29 is 4.42 Å². The van der Waals surface area contributed by atoms with Crippen molar-refractivity contribution >= 4 is 53.4 Å². The minimum absolute atomic E-state index is 0.643. The molecule has 0 unspecified atom stereocenters. The quantitative estimate of drug-likeness (QED) is 0.171. The molecule has 0 aliphatic rings. The highest BCUT2D eigenvalue weighted by molar-refractivity contribution is 7.25. The second-order valence-corrected chi connectivity index (χ2v) is 15.1. The van der Waals surface area contributed by atoms with Gasteiger partial charge >= 0.3 is 0 Å². The Morgan fingerprint density at radius 2 is 0.875 bits per heavy atom. The van der Waals surface area contributed by atoms with Gasteiger partial charge in [0, 0.05) is 53.2 Å². The third kappa shape index (κ3) is 5.56. The maximum absolute atomic E-state index is 6.64. The van der Waals surface area contributed by atoms with Crippen LogP contribution in [0.15, 0.2) is 192 Å². The van der Waals surface area contributed by atoms with Gasteiger partial charge in [0.05, 0.1) is 0 Å². The van der Waals surface area contributed by atoms with Crippen molar-refractivity contribution in [2.24, 2.45) is 0 Å². The normalized spacial score (nSPS) is 11.6. The Labute approximate surface area is 327 Å². The Balaban J connectivity index is 1.01. The van der Waals surface area contributed by atoms with E-state index in [4.69, 9.17) is 19.4 Å². The average molecular weight is 734 g/mol. The largest absolute Gasteiger partial charge is 0.455 e. The predicted octanol–water partition coefficient (Wildman–Crippen LogP) is 14.1. The molecule has 262 valence electrons. The second kappa shape index (κ2) is 13.3. The third-order valence-electron chi connectivity index (χ3n) is 10.6. The summed E-state index contributed by atoms with van der Waals surface area (Å²) < 4.78 is 9.04. The van der Waals surface area contributed by atoms with Gasteiger partial charge in [-0.25, -0.2) is 15.0 Å². The van der Waals surface area contributed by atoms with Crippen molar-refractivity contribution in [2.75, 3.05) is 0 Å². The minimum atomic E-state index is 0.643. The van der Waals surface area contributed by atoms with Crippen molar-refractivity contribution in [1.82, 2.24) is 15.0 Å². The Hall–Kier alpha value is -7.21. The number of aromatic nitrogens is 3. The monoisotopic (exact) mass is 733 g/mol. The van der Waals surface area contributed by atoms with Crippen LogP contribution in [0.1, 0.15) is 0 Å². The average Bonchev–Trinajstić information content (AvgIpc) is 3.85. The zero-order valence-electron chi connectivity index (χ0n) is 30.1. The first-order valence-electron chi connectivity index (χ1n) is 18.7. The lowest BCUT2D eigenvalue weighted by molar-refractivity contribution is 0.670. The second-order valence-electron chi connectivity index (χ2n) is 14.0. The highest BCUT2D eigenvalue weighted by Gasteiger charge is 2.19. The van der Waals surface area contributed by atoms with Gasteiger partial charge in [-0.2, -0.15) is 0 Å². The van der Waals surface area contributed by atoms with Gasteiger partial charge in [-0.05, 0) is 58.1 Å². The summed E-state index contributed by atoms with van der Waals surface area (Å²) in [7, 11) is 0. The molecule has 0 aliphatic carbocycles. The van der Waals surface area contributed by atoms with E-state index < -0.39 is 0 Å². The first kappa shape index (κ1) is 32.2. The van der Waals surface area contributed by atoms with Gasteiger partial charge in [-0.15, -0.1) is 11.3 Å². The molecule has 0 amide bonds. The van der Waals surface area contributed by atoms with Crippen LogP contribution < -0.4 is 0 Å². The van der Waals surface area contributed by atoms with Gasteiger partial charge < -0.3 is 4.42 Å². The van der Waals surface area contributed by atoms with Crippen molar-refractivity contribution in [2.45, 2.75) is 0 Å². The van der Waals surface area contributed by atoms with Gasteiger partial charge in [-0.1, -0.05) is 158 Å². The van der Waals surface area contributed by atoms with Gasteiger partial charge in [0.15, 0.2) is 17.5 Å². The lowest BCUT2D eigenvalue weighted by atomic mass is 9.94. The van der Waals surface area contributed by atoms with Crippen molar-refractivity contribution in [3.05, 3.63) is 188 Å². The summed E-state index contributed by atoms with van der Waals surface area (Å²) in [6.45, 7) is 0. The molecule has 0 N–H and O–H groups in total. The Bertz CT molecular complexity index is 3230. The third-order valence-corrected chi connectivity index (χ3v) is 11.7. The van der Waals surface area contributed by atoms with Crippen LogP contribution in [-0.4, -0.2) is 15.0 Å². The lowest BCUT2D eigenvalue weighted by Crippen LogP contribution is -2.00. The first-order chi connectivity index (χ1) is 27.7. The highest BCUT2D eigenvalue weighted by atomic mass is 32.1. The van der Waals surface area contributed by atoms with Crippen LogP contribution in [0.5, 0.6) is 0 Å². The van der Waals surface area contributed by atoms with Gasteiger partial charge in [0.1, 0.15) is 11.2 Å². The molecule has 0 atom stereocenters. The van der Waals surface area contributed by atoms with Crippen molar-refractivity contribution in [1.29, 1.82) is 0 Å². The standard InChI is InChI=1S/C51H31N3OS/c1-4-12-32(13-5-1)33-20-22-36(23-21-33)50-52-49(35-16-8-3-9-17-35)53-51(54-50)38-24-26-41-43-30-37(25-29-45(43)56-46(41)31-38)40-28-27-39(34-14-6-2-7-15-34)47-42-18-10-11-19-44(42)55-48(40)47/h1-31H. The number of hydrogen-bond acceptors (Lipinski definition) is 5. The van der Waals surface area contributed by atoms with Crippen LogP contribution in [0.4, 0.5) is 0 Å². The van der Waals surface area contributed by atoms with Crippen molar-refractivity contribution in [3.63, 3.8) is 0 Å². The molecule has 0 radical (unpaired) electrons. The zero-order chi connectivity index (χ0) is 37.0. The molecule has 8 aromatic carbocycles. The van der Waals surface area contributed by atoms with E-state index in [1.54, 1.807) is 11.3 Å². The molecule has 0 bridgehead atoms. The van der Waals surface area contributed by atoms with Gasteiger partial charge in [0.25, 0.3) is 0 Å². The van der Waals surface area contributed by atoms with E-state index in [0.29, 0.717) is 17.5 Å². The maximum atomic E-state index is 6.64. The molecule has 11 aromatic rings. The molecule has 0 aliphatic heterocycles. The molecule has 4 nitrogen and oxygen atoms in total. The summed E-state index contributed by atoms with van der Waals surface area (Å²) >= 11 is 1.79. The van der Waals surface area contributed by atoms with E-state index in [1.165, 1.54) is 36.9 Å². The number of furan rings is 1. The number of thiophene rings is 1. The number of benzene rings is 8. The van der Waals surface area contributed by atoms with Crippen LogP contribution in [0.3, 0.4) is 0 Å². The Morgan fingerprint density at radius 3 is 1.61 bits per heavy atom. The van der Waals surface area contributed by atoms with E-state index in [9.17, 15) is 0 Å². The fourth-order valence-corrected chi connectivity index (χ4v) is 8.92. The molecular weight excluding hydrogens is 703 g/mol. The molecule has 0 fully saturated rings. The van der Waals surface area contributed by atoms with E-state index in [-0.39, 0.29) is 0 Å². The molecule has 3 heterocycles. The number of fused-ring (bicyclic) bond motifs is 6. The molecule has 0 spiro atoms. The fraction of sp³-hybridized carbons (Fsp3) is 0. The van der Waals surface area contributed by atoms with Crippen LogP contribution in [0, 0.1) is 0 Å². The lowest BCUT2D eigenvalue weighted by Gasteiger charge is -2.09. The molecule has 11 rings (SSSR count). The number of hydrogen-bond donors (Lipinski definition) is 0. The van der Waals surface area contributed by atoms with Crippen molar-refractivity contribution in [3.8, 4) is 67.5 Å². The summed E-state index contributed by atoms with van der Waals surface area (Å²) in [4.78, 5) is 15.1. The Morgan fingerprint density at radius 1 is 0.339 bits per heavy atom. The number of para-hydroxylation sites is 1.